The Hall–Kier alpha value is -0.0900. The van der Waals surface area contributed by atoms with Crippen LogP contribution in [0.15, 0.2) is 0 Å². The van der Waals surface area contributed by atoms with Crippen LogP contribution in [0.3, 0.4) is 0 Å². The second-order valence-electron chi connectivity index (χ2n) is 2.21. The van der Waals surface area contributed by atoms with E-state index in [9.17, 15) is 4.79 Å². The monoisotopic (exact) mass is 178 g/mol. The highest BCUT2D eigenvalue weighted by Gasteiger charge is 2.19. The van der Waals surface area contributed by atoms with Crippen LogP contribution < -0.4 is 0 Å². The number of thioether (sulfide) groups is 1. The lowest BCUT2D eigenvalue weighted by atomic mass is 10.5. The van der Waals surface area contributed by atoms with E-state index in [-0.39, 0.29) is 0 Å². The minimum Gasteiger partial charge on any atom is -0.450 e. The molecule has 0 atom stereocenters. The van der Waals surface area contributed by atoms with E-state index in [1.807, 2.05) is 0 Å². The van der Waals surface area contributed by atoms with Crippen LogP contribution in [0, 0.1) is 0 Å². The Bertz CT molecular complexity index is 143. The molecule has 0 saturated carbocycles. The molecule has 0 aromatic rings. The molecule has 0 fully saturated rings. The fourth-order valence-electron chi connectivity index (χ4n) is 0.486. The summed E-state index contributed by atoms with van der Waals surface area (Å²) in [5.41, 5.74) is 0. The van der Waals surface area contributed by atoms with Crippen LogP contribution in [0.25, 0.3) is 0 Å². The van der Waals surface area contributed by atoms with Crippen molar-refractivity contribution in [1.29, 1.82) is 0 Å². The predicted octanol–water partition coefficient (Wildman–Crippen LogP) is 1.98. The van der Waals surface area contributed by atoms with Gasteiger partial charge >= 0.3 is 0 Å². The van der Waals surface area contributed by atoms with Crippen molar-refractivity contribution in [2.24, 2.45) is 0 Å². The number of hydrogen-bond donors (Lipinski definition) is 0. The van der Waals surface area contributed by atoms with Crippen molar-refractivity contribution in [3.05, 3.63) is 0 Å². The standard InChI is InChI=1S/C6H10O2S2/c1-5(9)10-6(2,3)8-4-7/h4H,1-3H3. The molecule has 0 saturated heterocycles. The summed E-state index contributed by atoms with van der Waals surface area (Å²) in [5, 5.41) is 0. The van der Waals surface area contributed by atoms with E-state index in [0.717, 1.165) is 4.20 Å². The summed E-state index contributed by atoms with van der Waals surface area (Å²) in [4.78, 5) is 9.40. The summed E-state index contributed by atoms with van der Waals surface area (Å²) >= 11 is 6.18. The molecular formula is C6H10O2S2. The van der Waals surface area contributed by atoms with Crippen LogP contribution in [0.1, 0.15) is 20.8 Å². The molecule has 4 heteroatoms. The molecule has 0 amide bonds. The maximum atomic E-state index is 9.92. The Balaban J connectivity index is 3.85. The number of rotatable bonds is 3. The van der Waals surface area contributed by atoms with Crippen LogP contribution in [-0.4, -0.2) is 15.6 Å². The molecule has 10 heavy (non-hydrogen) atoms. The SMILES string of the molecule is CC(=S)SC(C)(C)OC=O. The first-order chi connectivity index (χ1) is 4.48. The fraction of sp³-hybridized carbons (Fsp3) is 0.667. The molecule has 0 N–H and O–H groups in total. The van der Waals surface area contributed by atoms with Crippen molar-refractivity contribution in [1.82, 2.24) is 0 Å². The van der Waals surface area contributed by atoms with Gasteiger partial charge in [-0.1, -0.05) is 24.0 Å². The predicted molar refractivity (Wildman–Crippen MR) is 47.1 cm³/mol. The highest BCUT2D eigenvalue weighted by atomic mass is 32.2. The Morgan fingerprint density at radius 2 is 2.20 bits per heavy atom. The summed E-state index contributed by atoms with van der Waals surface area (Å²) in [5.74, 6) is 0. The molecule has 0 aliphatic carbocycles. The second-order valence-corrected chi connectivity index (χ2v) is 4.88. The molecule has 0 aliphatic heterocycles. The Kier molecular flexibility index (Phi) is 3.89. The summed E-state index contributed by atoms with van der Waals surface area (Å²) in [6.07, 6.45) is 0. The van der Waals surface area contributed by atoms with Gasteiger partial charge in [-0.2, -0.15) is 0 Å². The van der Waals surface area contributed by atoms with Crippen molar-refractivity contribution in [3.8, 4) is 0 Å². The van der Waals surface area contributed by atoms with Crippen molar-refractivity contribution < 1.29 is 9.53 Å². The molecule has 0 bridgehead atoms. The van der Waals surface area contributed by atoms with Gasteiger partial charge in [0.15, 0.2) is 4.93 Å². The van der Waals surface area contributed by atoms with Crippen LogP contribution in [0.5, 0.6) is 0 Å². The zero-order valence-corrected chi connectivity index (χ0v) is 7.84. The van der Waals surface area contributed by atoms with Gasteiger partial charge in [-0.15, -0.1) is 0 Å². The first-order valence-electron chi connectivity index (χ1n) is 2.79. The molecular weight excluding hydrogens is 168 g/mol. The summed E-state index contributed by atoms with van der Waals surface area (Å²) in [6, 6.07) is 0. The van der Waals surface area contributed by atoms with Gasteiger partial charge in [0.25, 0.3) is 6.47 Å². The first kappa shape index (κ1) is 9.91. The first-order valence-corrected chi connectivity index (χ1v) is 4.01. The molecule has 0 aromatic carbocycles. The highest BCUT2D eigenvalue weighted by molar-refractivity contribution is 8.23. The molecule has 0 rings (SSSR count). The van der Waals surface area contributed by atoms with Gasteiger partial charge in [0.1, 0.15) is 0 Å². The normalized spacial score (nSPS) is 10.7. The molecule has 0 spiro atoms. The summed E-state index contributed by atoms with van der Waals surface area (Å²) < 4.78 is 5.51. The van der Waals surface area contributed by atoms with Crippen molar-refractivity contribution in [2.45, 2.75) is 25.7 Å². The van der Waals surface area contributed by atoms with Gasteiger partial charge < -0.3 is 4.74 Å². The Labute approximate surface area is 70.3 Å². The largest absolute Gasteiger partial charge is 0.450 e. The molecule has 0 aliphatic rings. The zero-order valence-electron chi connectivity index (χ0n) is 6.21. The van der Waals surface area contributed by atoms with Crippen LogP contribution >= 0.6 is 24.0 Å². The Morgan fingerprint density at radius 1 is 1.70 bits per heavy atom. The van der Waals surface area contributed by atoms with Crippen molar-refractivity contribution in [2.75, 3.05) is 0 Å². The lowest BCUT2D eigenvalue weighted by Crippen LogP contribution is -2.19. The lowest BCUT2D eigenvalue weighted by molar-refractivity contribution is -0.133. The molecule has 2 nitrogen and oxygen atoms in total. The lowest BCUT2D eigenvalue weighted by Gasteiger charge is -2.20. The topological polar surface area (TPSA) is 26.3 Å². The highest BCUT2D eigenvalue weighted by Crippen LogP contribution is 2.25. The van der Waals surface area contributed by atoms with Gasteiger partial charge in [-0.3, -0.25) is 4.79 Å². The summed E-state index contributed by atoms with van der Waals surface area (Å²) in [7, 11) is 0. The van der Waals surface area contributed by atoms with E-state index >= 15 is 0 Å². The average molecular weight is 178 g/mol. The van der Waals surface area contributed by atoms with Crippen LogP contribution in [-0.2, 0) is 9.53 Å². The minimum atomic E-state index is -0.520. The van der Waals surface area contributed by atoms with Gasteiger partial charge in [0, 0.05) is 4.20 Å². The second kappa shape index (κ2) is 3.93. The van der Waals surface area contributed by atoms with Crippen molar-refractivity contribution >= 4 is 34.6 Å². The van der Waals surface area contributed by atoms with E-state index in [4.69, 9.17) is 17.0 Å². The van der Waals surface area contributed by atoms with Crippen LogP contribution in [0.2, 0.25) is 0 Å². The number of ether oxygens (including phenoxy) is 1. The smallest absolute Gasteiger partial charge is 0.294 e. The molecule has 0 heterocycles. The zero-order chi connectivity index (χ0) is 8.20. The molecule has 0 unspecified atom stereocenters. The molecule has 0 aromatic heterocycles. The molecule has 58 valence electrons. The molecule has 0 radical (unpaired) electrons. The van der Waals surface area contributed by atoms with E-state index < -0.39 is 4.93 Å². The maximum Gasteiger partial charge on any atom is 0.294 e. The van der Waals surface area contributed by atoms with Gasteiger partial charge in [0.2, 0.25) is 0 Å². The number of carbonyl (C=O) groups excluding carboxylic acids is 1. The fourth-order valence-corrected chi connectivity index (χ4v) is 1.87. The average Bonchev–Trinajstić information content (AvgIpc) is 1.59. The number of thiocarbonyl (C=S) groups is 1. The minimum absolute atomic E-state index is 0.436. The Morgan fingerprint density at radius 3 is 2.50 bits per heavy atom. The third-order valence-electron chi connectivity index (χ3n) is 0.721. The number of hydrogen-bond acceptors (Lipinski definition) is 4. The summed E-state index contributed by atoms with van der Waals surface area (Å²) in [6.45, 7) is 5.82. The van der Waals surface area contributed by atoms with E-state index in [1.165, 1.54) is 11.8 Å². The maximum absolute atomic E-state index is 9.92. The van der Waals surface area contributed by atoms with E-state index in [0.29, 0.717) is 6.47 Å². The van der Waals surface area contributed by atoms with Gasteiger partial charge in [0.05, 0.1) is 0 Å². The van der Waals surface area contributed by atoms with Gasteiger partial charge in [-0.05, 0) is 20.8 Å². The van der Waals surface area contributed by atoms with Gasteiger partial charge in [-0.25, -0.2) is 0 Å². The van der Waals surface area contributed by atoms with E-state index in [1.54, 1.807) is 20.8 Å². The number of carbonyl (C=O) groups is 1. The van der Waals surface area contributed by atoms with Crippen LogP contribution in [0.4, 0.5) is 0 Å². The quantitative estimate of drug-likeness (QED) is 0.375. The third kappa shape index (κ3) is 4.76. The van der Waals surface area contributed by atoms with E-state index in [2.05, 4.69) is 0 Å². The third-order valence-corrected chi connectivity index (χ3v) is 1.85. The van der Waals surface area contributed by atoms with Crippen molar-refractivity contribution in [3.63, 3.8) is 0 Å².